The first-order valence-corrected chi connectivity index (χ1v) is 21.3. The maximum atomic E-state index is 13.1. The van der Waals surface area contributed by atoms with Gasteiger partial charge in [-0.15, -0.1) is 0 Å². The van der Waals surface area contributed by atoms with E-state index in [2.05, 4.69) is 19.9 Å². The fourth-order valence-electron chi connectivity index (χ4n) is 12.4. The largest absolute Gasteiger partial charge is 0.389 e. The number of Topliss-reactive ketones (excluding diaryl/α,β-unsaturated/α-hetero) is 1. The summed E-state index contributed by atoms with van der Waals surface area (Å²) in [5.74, 6) is 0.520. The summed E-state index contributed by atoms with van der Waals surface area (Å²) in [5, 5.41) is 22.8. The summed E-state index contributed by atoms with van der Waals surface area (Å²) in [7, 11) is 6.53. The summed E-state index contributed by atoms with van der Waals surface area (Å²) in [6.45, 7) is 10.5. The molecule has 3 saturated carbocycles. The van der Waals surface area contributed by atoms with E-state index in [9.17, 15) is 15.0 Å². The van der Waals surface area contributed by atoms with E-state index in [0.29, 0.717) is 31.6 Å². The van der Waals surface area contributed by atoms with E-state index in [4.69, 9.17) is 47.4 Å². The maximum Gasteiger partial charge on any atom is 0.162 e. The third-order valence-electron chi connectivity index (χ3n) is 15.7. The van der Waals surface area contributed by atoms with Crippen molar-refractivity contribution >= 4 is 5.78 Å². The molecule has 19 unspecified atom stereocenters. The van der Waals surface area contributed by atoms with Crippen LogP contribution in [0.1, 0.15) is 105 Å². The third kappa shape index (κ3) is 7.73. The molecule has 0 amide bonds. The first-order valence-electron chi connectivity index (χ1n) is 21.3. The second-order valence-electron chi connectivity index (χ2n) is 18.5. The maximum absolute atomic E-state index is 13.1. The van der Waals surface area contributed by atoms with Crippen LogP contribution in [0.25, 0.3) is 0 Å². The normalized spacial score (nSPS) is 50.7. The molecule has 3 aliphatic heterocycles. The van der Waals surface area contributed by atoms with E-state index >= 15 is 0 Å². The average molecular weight is 795 g/mol. The van der Waals surface area contributed by atoms with Crippen molar-refractivity contribution in [3.8, 4) is 0 Å². The zero-order valence-electron chi connectivity index (χ0n) is 35.2. The Labute approximate surface area is 333 Å². The van der Waals surface area contributed by atoms with Crippen molar-refractivity contribution in [2.45, 2.75) is 191 Å². The Bertz CT molecular complexity index is 1390. The topological polar surface area (TPSA) is 150 Å². The van der Waals surface area contributed by atoms with Crippen LogP contribution in [0.2, 0.25) is 0 Å². The number of fused-ring (bicyclic) bond motifs is 5. The van der Waals surface area contributed by atoms with Gasteiger partial charge in [-0.2, -0.15) is 0 Å². The minimum Gasteiger partial charge on any atom is -0.389 e. The molecule has 0 aromatic rings. The minimum atomic E-state index is -0.842. The lowest BCUT2D eigenvalue weighted by atomic mass is 9.45. The van der Waals surface area contributed by atoms with Gasteiger partial charge in [0.2, 0.25) is 0 Å². The van der Waals surface area contributed by atoms with Crippen molar-refractivity contribution < 1.29 is 62.4 Å². The van der Waals surface area contributed by atoms with Crippen LogP contribution < -0.4 is 0 Å². The first kappa shape index (κ1) is 43.0. The lowest BCUT2D eigenvalue weighted by Crippen LogP contribution is -2.61. The first-order chi connectivity index (χ1) is 26.7. The Morgan fingerprint density at radius 1 is 0.750 bits per heavy atom. The standard InChI is InChI=1S/C43H70O13/c1-23-38(45)32(48-7)19-36(51-23)55-40-25(3)53-37(21-34(40)50-9)56-39-24(2)52-35(20-33(39)49-8)54-27-12-15-41(4)26(18-27)10-11-29-28(41)13-16-42(5)30(31(44)22-47-6)14-17-43(29,42)46/h10,23-25,27-30,32-40,45-46H,11-22H2,1-9H3. The molecule has 320 valence electrons. The van der Waals surface area contributed by atoms with Gasteiger partial charge >= 0.3 is 0 Å². The molecule has 0 radical (unpaired) electrons. The van der Waals surface area contributed by atoms with Crippen LogP contribution in [0.15, 0.2) is 11.6 Å². The molecular weight excluding hydrogens is 724 g/mol. The number of aliphatic hydroxyl groups is 2. The van der Waals surface area contributed by atoms with Crippen molar-refractivity contribution in [2.75, 3.05) is 35.0 Å². The fourth-order valence-corrected chi connectivity index (χ4v) is 12.4. The van der Waals surface area contributed by atoms with E-state index in [1.54, 1.807) is 28.4 Å². The monoisotopic (exact) mass is 794 g/mol. The molecule has 6 fully saturated rings. The van der Waals surface area contributed by atoms with Crippen LogP contribution >= 0.6 is 0 Å². The number of rotatable bonds is 12. The molecule has 13 heteroatoms. The highest BCUT2D eigenvalue weighted by Gasteiger charge is 2.67. The lowest BCUT2D eigenvalue weighted by molar-refractivity contribution is -0.338. The van der Waals surface area contributed by atoms with Gasteiger partial charge in [0.15, 0.2) is 24.7 Å². The molecule has 56 heavy (non-hydrogen) atoms. The molecule has 0 spiro atoms. The highest BCUT2D eigenvalue weighted by atomic mass is 16.7. The minimum absolute atomic E-state index is 0.00110. The zero-order valence-corrected chi connectivity index (χ0v) is 35.2. The molecule has 13 nitrogen and oxygen atoms in total. The molecule has 7 aliphatic rings. The Hall–Kier alpha value is -1.07. The van der Waals surface area contributed by atoms with Gasteiger partial charge in [0.1, 0.15) is 24.9 Å². The van der Waals surface area contributed by atoms with E-state index in [-0.39, 0.29) is 72.4 Å². The SMILES string of the molecule is COCC(=O)C1CCC2(O)C3CC=C4CC(OC5CC(OC)C(OC6CC(OC)C(OC7CC(OC)C(O)C(C)O7)C(C)O6)C(C)O5)CCC4(C)C3CCC12C. The quantitative estimate of drug-likeness (QED) is 0.259. The molecule has 2 N–H and O–H groups in total. The van der Waals surface area contributed by atoms with E-state index in [1.807, 2.05) is 20.8 Å². The third-order valence-corrected chi connectivity index (χ3v) is 15.7. The van der Waals surface area contributed by atoms with Crippen molar-refractivity contribution in [1.82, 2.24) is 0 Å². The number of carbonyl (C=O) groups excluding carboxylic acids is 1. The van der Waals surface area contributed by atoms with Crippen LogP contribution in [-0.2, 0) is 52.2 Å². The van der Waals surface area contributed by atoms with E-state index in [1.165, 1.54) is 5.57 Å². The van der Waals surface area contributed by atoms with Gasteiger partial charge in [-0.3, -0.25) is 4.79 Å². The van der Waals surface area contributed by atoms with Crippen molar-refractivity contribution in [1.29, 1.82) is 0 Å². The van der Waals surface area contributed by atoms with Gasteiger partial charge < -0.3 is 57.6 Å². The number of carbonyl (C=O) groups is 1. The van der Waals surface area contributed by atoms with Gasteiger partial charge in [-0.05, 0) is 89.4 Å². The summed E-state index contributed by atoms with van der Waals surface area (Å²) in [6, 6.07) is 0. The second kappa shape index (κ2) is 17.1. The van der Waals surface area contributed by atoms with Gasteiger partial charge in [-0.25, -0.2) is 0 Å². The lowest BCUT2D eigenvalue weighted by Gasteiger charge is -2.61. The molecular formula is C43H70O13. The molecule has 0 bridgehead atoms. The summed E-state index contributed by atoms with van der Waals surface area (Å²) >= 11 is 0. The number of methoxy groups -OCH3 is 4. The fraction of sp³-hybridized carbons (Fsp3) is 0.930. The predicted molar refractivity (Wildman–Crippen MR) is 203 cm³/mol. The zero-order chi connectivity index (χ0) is 40.2. The highest BCUT2D eigenvalue weighted by Crippen LogP contribution is 2.68. The number of hydrogen-bond donors (Lipinski definition) is 2. The van der Waals surface area contributed by atoms with Crippen molar-refractivity contribution in [3.05, 3.63) is 11.6 Å². The molecule has 0 aromatic carbocycles. The summed E-state index contributed by atoms with van der Waals surface area (Å²) in [6.07, 6.45) is 5.61. The summed E-state index contributed by atoms with van der Waals surface area (Å²) < 4.78 is 61.2. The molecule has 3 saturated heterocycles. The molecule has 19 atom stereocenters. The number of ether oxygens (including phenoxy) is 10. The van der Waals surface area contributed by atoms with Gasteiger partial charge in [0.25, 0.3) is 0 Å². The average Bonchev–Trinajstić information content (AvgIpc) is 3.45. The smallest absolute Gasteiger partial charge is 0.162 e. The van der Waals surface area contributed by atoms with Crippen LogP contribution in [-0.4, -0.2) is 137 Å². The molecule has 7 rings (SSSR count). The molecule has 0 aromatic heterocycles. The highest BCUT2D eigenvalue weighted by molar-refractivity contribution is 5.83. The summed E-state index contributed by atoms with van der Waals surface area (Å²) in [4.78, 5) is 13.1. The predicted octanol–water partition coefficient (Wildman–Crippen LogP) is 4.86. The van der Waals surface area contributed by atoms with Crippen LogP contribution in [0.3, 0.4) is 0 Å². The van der Waals surface area contributed by atoms with E-state index in [0.717, 1.165) is 44.9 Å². The Kier molecular flexibility index (Phi) is 13.2. The Morgan fingerprint density at radius 3 is 1.91 bits per heavy atom. The van der Waals surface area contributed by atoms with Crippen LogP contribution in [0, 0.1) is 28.6 Å². The number of allylic oxidation sites excluding steroid dienone is 1. The summed E-state index contributed by atoms with van der Waals surface area (Å²) in [5.41, 5.74) is 0.194. The molecule has 4 aliphatic carbocycles. The van der Waals surface area contributed by atoms with E-state index < -0.39 is 48.2 Å². The second-order valence-corrected chi connectivity index (χ2v) is 18.5. The number of ketones is 1. The Morgan fingerprint density at radius 2 is 1.32 bits per heavy atom. The number of aliphatic hydroxyl groups excluding tert-OH is 1. The van der Waals surface area contributed by atoms with Gasteiger partial charge in [0, 0.05) is 59.0 Å². The Balaban J connectivity index is 0.936. The number of hydrogen-bond acceptors (Lipinski definition) is 13. The van der Waals surface area contributed by atoms with Crippen LogP contribution in [0.4, 0.5) is 0 Å². The van der Waals surface area contributed by atoms with Crippen molar-refractivity contribution in [3.63, 3.8) is 0 Å². The molecule has 3 heterocycles. The van der Waals surface area contributed by atoms with Crippen LogP contribution in [0.5, 0.6) is 0 Å². The van der Waals surface area contributed by atoms with Gasteiger partial charge in [-0.1, -0.05) is 25.5 Å². The van der Waals surface area contributed by atoms with Gasteiger partial charge in [0.05, 0.1) is 48.3 Å². The van der Waals surface area contributed by atoms with Crippen molar-refractivity contribution in [2.24, 2.45) is 28.6 Å².